The molecule has 2 fully saturated rings. The highest BCUT2D eigenvalue weighted by molar-refractivity contribution is 5.98. The second-order valence-electron chi connectivity index (χ2n) is 14.5. The lowest BCUT2D eigenvalue weighted by Gasteiger charge is -2.40. The van der Waals surface area contributed by atoms with Gasteiger partial charge in [-0.05, 0) is 49.7 Å². The van der Waals surface area contributed by atoms with Gasteiger partial charge in [-0.2, -0.15) is 10.5 Å². The third-order valence-electron chi connectivity index (χ3n) is 9.78. The fourth-order valence-corrected chi connectivity index (χ4v) is 7.21. The predicted octanol–water partition coefficient (Wildman–Crippen LogP) is 4.76. The Morgan fingerprint density at radius 1 is 0.682 bits per heavy atom. The Kier molecular flexibility index (Phi) is 10.1. The third-order valence-corrected chi connectivity index (χ3v) is 9.78. The molecule has 2 saturated carbocycles. The molecule has 234 valence electrons. The van der Waals surface area contributed by atoms with E-state index < -0.39 is 11.2 Å². The normalized spacial score (nSPS) is 25.9. The number of hydrogen-bond donors (Lipinski definition) is 2. The van der Waals surface area contributed by atoms with E-state index in [1.54, 1.807) is 0 Å². The van der Waals surface area contributed by atoms with Crippen LogP contribution < -0.4 is 0 Å². The first-order valence-corrected chi connectivity index (χ1v) is 15.9. The van der Waals surface area contributed by atoms with Crippen LogP contribution in [0.1, 0.15) is 72.1 Å². The smallest absolute Gasteiger partial charge is 0.216 e. The molecule has 2 aliphatic carbocycles. The first kappa shape index (κ1) is 33.5. The van der Waals surface area contributed by atoms with Gasteiger partial charge >= 0.3 is 0 Å². The van der Waals surface area contributed by atoms with E-state index in [0.29, 0.717) is 46.0 Å². The maximum atomic E-state index is 13.2. The van der Waals surface area contributed by atoms with Crippen LogP contribution in [0.3, 0.4) is 0 Å². The number of nitrogens with zero attached hydrogens (tertiary/aromatic N) is 4. The lowest BCUT2D eigenvalue weighted by atomic mass is 9.75. The Labute approximate surface area is 262 Å². The number of ketones is 2. The summed E-state index contributed by atoms with van der Waals surface area (Å²) < 4.78 is 0.806. The highest BCUT2D eigenvalue weighted by Gasteiger charge is 2.44. The molecule has 8 heteroatoms. The highest BCUT2D eigenvalue weighted by atomic mass is 16.3. The van der Waals surface area contributed by atoms with Gasteiger partial charge in [0, 0.05) is 11.1 Å². The van der Waals surface area contributed by atoms with Crippen molar-refractivity contribution in [2.75, 3.05) is 54.4 Å². The van der Waals surface area contributed by atoms with Gasteiger partial charge in [-0.3, -0.25) is 9.59 Å². The fourth-order valence-electron chi connectivity index (χ4n) is 7.21. The SMILES string of the molecule is C[N+](C)(CC(=O)c1ccc(-c2ccc(C(=O)C[N+](C)(C)CC3CCCCC3(O)C#N)cc2)cc1)CC1CCCCC1(O)C#N. The number of aliphatic hydroxyl groups is 2. The van der Waals surface area contributed by atoms with Gasteiger partial charge < -0.3 is 19.2 Å². The Bertz CT molecular complexity index is 1310. The molecule has 2 aromatic rings. The molecule has 4 atom stereocenters. The third kappa shape index (κ3) is 8.00. The fraction of sp³-hybridized carbons (Fsp3) is 0.556. The topological polar surface area (TPSA) is 122 Å². The van der Waals surface area contributed by atoms with Crippen molar-refractivity contribution in [1.82, 2.24) is 0 Å². The molecule has 0 bridgehead atoms. The van der Waals surface area contributed by atoms with Crippen LogP contribution in [0.4, 0.5) is 0 Å². The number of benzene rings is 2. The molecule has 0 aromatic heterocycles. The summed E-state index contributed by atoms with van der Waals surface area (Å²) in [5, 5.41) is 40.7. The first-order valence-electron chi connectivity index (χ1n) is 15.9. The zero-order valence-electron chi connectivity index (χ0n) is 26.8. The van der Waals surface area contributed by atoms with E-state index >= 15 is 0 Å². The number of carbonyl (C=O) groups is 2. The van der Waals surface area contributed by atoms with Crippen LogP contribution in [0.25, 0.3) is 11.1 Å². The number of Topliss-reactive ketones (excluding diaryl/α,β-unsaturated/α-hetero) is 2. The van der Waals surface area contributed by atoms with Crippen LogP contribution in [0.2, 0.25) is 0 Å². The Morgan fingerprint density at radius 3 is 1.34 bits per heavy atom. The van der Waals surface area contributed by atoms with E-state index in [4.69, 9.17) is 0 Å². The molecule has 8 nitrogen and oxygen atoms in total. The predicted molar refractivity (Wildman–Crippen MR) is 169 cm³/mol. The summed E-state index contributed by atoms with van der Waals surface area (Å²) in [6.07, 6.45) is 6.26. The largest absolute Gasteiger partial charge is 0.375 e. The molecule has 4 unspecified atom stereocenters. The van der Waals surface area contributed by atoms with E-state index in [2.05, 4.69) is 12.1 Å². The van der Waals surface area contributed by atoms with Crippen molar-refractivity contribution in [3.05, 3.63) is 59.7 Å². The van der Waals surface area contributed by atoms with E-state index in [0.717, 1.165) is 49.7 Å². The first-order chi connectivity index (χ1) is 20.7. The van der Waals surface area contributed by atoms with Crippen LogP contribution in [-0.4, -0.2) is 96.3 Å². The number of likely N-dealkylation sites (N-methyl/N-ethyl adjacent to an activating group) is 2. The van der Waals surface area contributed by atoms with Crippen molar-refractivity contribution in [3.63, 3.8) is 0 Å². The molecule has 2 aliphatic rings. The summed E-state index contributed by atoms with van der Waals surface area (Å²) in [6, 6.07) is 19.2. The van der Waals surface area contributed by atoms with Crippen molar-refractivity contribution in [2.24, 2.45) is 11.8 Å². The molecule has 4 rings (SSSR count). The van der Waals surface area contributed by atoms with Gasteiger partial charge in [-0.1, -0.05) is 61.4 Å². The minimum atomic E-state index is -1.31. The lowest BCUT2D eigenvalue weighted by molar-refractivity contribution is -0.886. The lowest BCUT2D eigenvalue weighted by Crippen LogP contribution is -2.53. The molecule has 0 spiro atoms. The molecule has 0 heterocycles. The molecule has 0 amide bonds. The quantitative estimate of drug-likeness (QED) is 0.218. The van der Waals surface area contributed by atoms with E-state index in [-0.39, 0.29) is 36.5 Å². The Hall–Kier alpha value is -3.40. The second-order valence-corrected chi connectivity index (χ2v) is 14.5. The second kappa shape index (κ2) is 13.3. The Morgan fingerprint density at radius 2 is 1.02 bits per heavy atom. The summed E-state index contributed by atoms with van der Waals surface area (Å²) in [5.74, 6) is -0.263. The van der Waals surface area contributed by atoms with Crippen molar-refractivity contribution in [2.45, 2.75) is 62.6 Å². The standard InChI is InChI=1S/C36H48N4O4/c1-39(2,21-31-9-5-7-19-35(31,43)25-37)23-33(41)29-15-11-27(12-16-29)28-13-17-30(18-14-28)34(42)24-40(3,4)22-32-10-6-8-20-36(32,44)26-38/h11-18,31-32,43-44H,5-10,19-24H2,1-4H3/q+2. The number of quaternary nitrogens is 2. The maximum Gasteiger partial charge on any atom is 0.216 e. The summed E-state index contributed by atoms with van der Waals surface area (Å²) in [4.78, 5) is 26.4. The molecule has 2 aromatic carbocycles. The van der Waals surface area contributed by atoms with Crippen LogP contribution in [0.15, 0.2) is 48.5 Å². The van der Waals surface area contributed by atoms with Gasteiger partial charge in [0.2, 0.25) is 11.6 Å². The van der Waals surface area contributed by atoms with Crippen molar-refractivity contribution < 1.29 is 28.8 Å². The highest BCUT2D eigenvalue weighted by Crippen LogP contribution is 2.36. The van der Waals surface area contributed by atoms with Gasteiger partial charge in [-0.25, -0.2) is 0 Å². The zero-order valence-corrected chi connectivity index (χ0v) is 26.8. The molecule has 0 saturated heterocycles. The molecular weight excluding hydrogens is 552 g/mol. The number of rotatable bonds is 11. The maximum absolute atomic E-state index is 13.2. The Balaban J connectivity index is 1.35. The number of carbonyl (C=O) groups excluding carboxylic acids is 2. The van der Waals surface area contributed by atoms with E-state index in [9.17, 15) is 30.3 Å². The molecule has 0 aliphatic heterocycles. The van der Waals surface area contributed by atoms with Crippen molar-refractivity contribution in [3.8, 4) is 23.3 Å². The average Bonchev–Trinajstić information content (AvgIpc) is 2.99. The van der Waals surface area contributed by atoms with Gasteiger partial charge in [0.15, 0.2) is 11.2 Å². The molecule has 44 heavy (non-hydrogen) atoms. The monoisotopic (exact) mass is 600 g/mol. The summed E-state index contributed by atoms with van der Waals surface area (Å²) >= 11 is 0. The van der Waals surface area contributed by atoms with Crippen LogP contribution in [-0.2, 0) is 0 Å². The van der Waals surface area contributed by atoms with Gasteiger partial charge in [-0.15, -0.1) is 0 Å². The van der Waals surface area contributed by atoms with Crippen LogP contribution >= 0.6 is 0 Å². The van der Waals surface area contributed by atoms with E-state index in [1.807, 2.05) is 76.7 Å². The van der Waals surface area contributed by atoms with Crippen LogP contribution in [0, 0.1) is 34.5 Å². The minimum absolute atomic E-state index is 0.0148. The molecule has 0 radical (unpaired) electrons. The van der Waals surface area contributed by atoms with Crippen LogP contribution in [0.5, 0.6) is 0 Å². The number of nitriles is 2. The van der Waals surface area contributed by atoms with Gasteiger partial charge in [0.25, 0.3) is 0 Å². The summed E-state index contributed by atoms with van der Waals surface area (Å²) in [6.45, 7) is 1.69. The summed E-state index contributed by atoms with van der Waals surface area (Å²) in [5.41, 5.74) is 0.501. The van der Waals surface area contributed by atoms with E-state index in [1.165, 1.54) is 0 Å². The average molecular weight is 601 g/mol. The zero-order chi connectivity index (χ0) is 32.2. The minimum Gasteiger partial charge on any atom is -0.375 e. The van der Waals surface area contributed by atoms with Gasteiger partial charge in [0.1, 0.15) is 13.1 Å². The van der Waals surface area contributed by atoms with Crippen molar-refractivity contribution >= 4 is 11.6 Å². The number of hydrogen-bond acceptors (Lipinski definition) is 6. The van der Waals surface area contributed by atoms with Crippen molar-refractivity contribution in [1.29, 1.82) is 10.5 Å². The molecule has 2 N–H and O–H groups in total. The van der Waals surface area contributed by atoms with Gasteiger partial charge in [0.05, 0.1) is 65.3 Å². The summed E-state index contributed by atoms with van der Waals surface area (Å²) in [7, 11) is 7.90. The molecular formula is C36H48N4O4+2.